The summed E-state index contributed by atoms with van der Waals surface area (Å²) in [7, 11) is -3.37. The summed E-state index contributed by atoms with van der Waals surface area (Å²) in [4.78, 5) is 13.3. The maximum absolute atomic E-state index is 12.1. The van der Waals surface area contributed by atoms with E-state index < -0.39 is 9.84 Å². The number of thiophene rings is 1. The predicted octanol–water partition coefficient (Wildman–Crippen LogP) is 3.43. The zero-order chi connectivity index (χ0) is 17.7. The lowest BCUT2D eigenvalue weighted by Gasteiger charge is -2.05. The molecule has 0 saturated carbocycles. The molecule has 1 aromatic heterocycles. The van der Waals surface area contributed by atoms with Crippen molar-refractivity contribution < 1.29 is 13.2 Å². The summed E-state index contributed by atoms with van der Waals surface area (Å²) in [5.74, 6) is -0.367. The monoisotopic (exact) mass is 362 g/mol. The van der Waals surface area contributed by atoms with E-state index >= 15 is 0 Å². The Morgan fingerprint density at radius 3 is 2.54 bits per heavy atom. The Balaban J connectivity index is 1.93. The van der Waals surface area contributed by atoms with Gasteiger partial charge in [0, 0.05) is 11.3 Å². The van der Waals surface area contributed by atoms with Gasteiger partial charge in [-0.1, -0.05) is 18.2 Å². The molecule has 5 nitrogen and oxygen atoms in total. The maximum atomic E-state index is 12.1. The van der Waals surface area contributed by atoms with Crippen LogP contribution in [0.5, 0.6) is 0 Å². The number of benzene rings is 1. The molecule has 1 aromatic carbocycles. The van der Waals surface area contributed by atoms with Gasteiger partial charge in [-0.2, -0.15) is 5.26 Å². The van der Waals surface area contributed by atoms with Crippen LogP contribution >= 0.6 is 11.3 Å². The fourth-order valence-corrected chi connectivity index (χ4v) is 4.57. The molecule has 1 heterocycles. The third-order valence-corrected chi connectivity index (χ3v) is 6.61. The molecule has 0 aliphatic heterocycles. The molecule has 0 atom stereocenters. The van der Waals surface area contributed by atoms with Gasteiger partial charge in [0.05, 0.1) is 16.2 Å². The lowest BCUT2D eigenvalue weighted by molar-refractivity contribution is -0.116. The zero-order valence-electron chi connectivity index (χ0n) is 13.5. The first-order valence-corrected chi connectivity index (χ1v) is 9.90. The van der Waals surface area contributed by atoms with Crippen molar-refractivity contribution in [3.63, 3.8) is 0 Å². The van der Waals surface area contributed by atoms with E-state index in [0.29, 0.717) is 10.6 Å². The molecular formula is C17H18N2O3S2. The molecule has 126 valence electrons. The number of carbonyl (C=O) groups excluding carboxylic acids is 1. The number of nitrogens with zero attached hydrogens (tertiary/aromatic N) is 1. The highest BCUT2D eigenvalue weighted by Gasteiger charge is 2.17. The van der Waals surface area contributed by atoms with Crippen LogP contribution in [0.3, 0.4) is 0 Å². The third-order valence-electron chi connectivity index (χ3n) is 3.67. The lowest BCUT2D eigenvalue weighted by Crippen LogP contribution is -2.14. The van der Waals surface area contributed by atoms with E-state index in [4.69, 9.17) is 5.26 Å². The Morgan fingerprint density at radius 2 is 1.92 bits per heavy atom. The van der Waals surface area contributed by atoms with Gasteiger partial charge in [-0.25, -0.2) is 8.42 Å². The Kier molecular flexibility index (Phi) is 5.75. The van der Waals surface area contributed by atoms with E-state index in [9.17, 15) is 13.2 Å². The van der Waals surface area contributed by atoms with E-state index in [1.54, 1.807) is 30.3 Å². The van der Waals surface area contributed by atoms with Crippen LogP contribution in [0, 0.1) is 25.2 Å². The highest BCUT2D eigenvalue weighted by Crippen LogP contribution is 2.31. The minimum atomic E-state index is -3.37. The van der Waals surface area contributed by atoms with Crippen molar-refractivity contribution >= 4 is 32.1 Å². The molecule has 24 heavy (non-hydrogen) atoms. The van der Waals surface area contributed by atoms with E-state index in [1.807, 2.05) is 13.8 Å². The molecule has 0 aliphatic rings. The first kappa shape index (κ1) is 18.2. The van der Waals surface area contributed by atoms with Gasteiger partial charge >= 0.3 is 0 Å². The second kappa shape index (κ2) is 7.60. The number of anilines is 1. The van der Waals surface area contributed by atoms with Crippen LogP contribution in [-0.2, 0) is 14.6 Å². The van der Waals surface area contributed by atoms with Crippen molar-refractivity contribution in [2.24, 2.45) is 0 Å². The summed E-state index contributed by atoms with van der Waals surface area (Å²) in [6, 6.07) is 10.3. The van der Waals surface area contributed by atoms with Crippen molar-refractivity contribution in [1.29, 1.82) is 5.26 Å². The van der Waals surface area contributed by atoms with Crippen LogP contribution < -0.4 is 5.32 Å². The fraction of sp³-hybridized carbons (Fsp3) is 0.294. The molecular weight excluding hydrogens is 344 g/mol. The summed E-state index contributed by atoms with van der Waals surface area (Å²) >= 11 is 1.36. The minimum Gasteiger partial charge on any atom is -0.317 e. The van der Waals surface area contributed by atoms with Crippen molar-refractivity contribution in [1.82, 2.24) is 0 Å². The molecule has 0 unspecified atom stereocenters. The normalized spacial score (nSPS) is 11.0. The highest BCUT2D eigenvalue weighted by atomic mass is 32.2. The van der Waals surface area contributed by atoms with Crippen molar-refractivity contribution in [2.75, 3.05) is 11.1 Å². The van der Waals surface area contributed by atoms with Gasteiger partial charge in [-0.15, -0.1) is 11.3 Å². The number of nitrogens with one attached hydrogen (secondary N) is 1. The van der Waals surface area contributed by atoms with Gasteiger partial charge in [-0.05, 0) is 38.0 Å². The molecule has 1 amide bonds. The number of rotatable bonds is 6. The molecule has 7 heteroatoms. The standard InChI is InChI=1S/C17H18N2O3S2/c1-12-13(2)23-17(15(12)11-18)19-16(20)9-6-10-24(21,22)14-7-4-3-5-8-14/h3-5,7-8H,6,9-10H2,1-2H3,(H,19,20). The van der Waals surface area contributed by atoms with Crippen LogP contribution in [0.4, 0.5) is 5.00 Å². The van der Waals surface area contributed by atoms with Crippen molar-refractivity contribution in [3.8, 4) is 6.07 Å². The molecule has 0 radical (unpaired) electrons. The molecule has 2 aromatic rings. The van der Waals surface area contributed by atoms with Gasteiger partial charge in [0.2, 0.25) is 5.91 Å². The molecule has 0 saturated heterocycles. The Morgan fingerprint density at radius 1 is 1.25 bits per heavy atom. The number of aryl methyl sites for hydroxylation is 1. The van der Waals surface area contributed by atoms with Crippen molar-refractivity contribution in [3.05, 3.63) is 46.3 Å². The Bertz CT molecular complexity index is 879. The van der Waals surface area contributed by atoms with Crippen LogP contribution in [0.15, 0.2) is 35.2 Å². The number of carbonyl (C=O) groups is 1. The van der Waals surface area contributed by atoms with E-state index in [2.05, 4.69) is 11.4 Å². The number of hydrogen-bond donors (Lipinski definition) is 1. The number of sulfone groups is 1. The Hall–Kier alpha value is -2.17. The highest BCUT2D eigenvalue weighted by molar-refractivity contribution is 7.91. The topological polar surface area (TPSA) is 87.0 Å². The van der Waals surface area contributed by atoms with Crippen LogP contribution in [0.25, 0.3) is 0 Å². The lowest BCUT2D eigenvalue weighted by atomic mass is 10.2. The SMILES string of the molecule is Cc1sc(NC(=O)CCCS(=O)(=O)c2ccccc2)c(C#N)c1C. The average Bonchev–Trinajstić information content (AvgIpc) is 2.81. The molecule has 2 rings (SSSR count). The summed E-state index contributed by atoms with van der Waals surface area (Å²) in [5, 5.41) is 12.4. The summed E-state index contributed by atoms with van der Waals surface area (Å²) < 4.78 is 24.3. The summed E-state index contributed by atoms with van der Waals surface area (Å²) in [6.07, 6.45) is 0.321. The molecule has 0 bridgehead atoms. The van der Waals surface area contributed by atoms with Crippen LogP contribution in [-0.4, -0.2) is 20.1 Å². The van der Waals surface area contributed by atoms with Crippen LogP contribution in [0.1, 0.15) is 28.8 Å². The predicted molar refractivity (Wildman–Crippen MR) is 94.9 cm³/mol. The van der Waals surface area contributed by atoms with Crippen molar-refractivity contribution in [2.45, 2.75) is 31.6 Å². The second-order valence-corrected chi connectivity index (χ2v) is 8.72. The smallest absolute Gasteiger partial charge is 0.225 e. The quantitative estimate of drug-likeness (QED) is 0.853. The van der Waals surface area contributed by atoms with Gasteiger partial charge in [-0.3, -0.25) is 4.79 Å². The molecule has 0 fully saturated rings. The third kappa shape index (κ3) is 4.22. The summed E-state index contributed by atoms with van der Waals surface area (Å²) in [5.41, 5.74) is 1.34. The van der Waals surface area contributed by atoms with Gasteiger partial charge < -0.3 is 5.32 Å². The number of amides is 1. The first-order chi connectivity index (χ1) is 11.3. The minimum absolute atomic E-state index is 0.0853. The maximum Gasteiger partial charge on any atom is 0.225 e. The fourth-order valence-electron chi connectivity index (χ4n) is 2.21. The average molecular weight is 362 g/mol. The van der Waals surface area contributed by atoms with Gasteiger partial charge in [0.25, 0.3) is 0 Å². The molecule has 1 N–H and O–H groups in total. The molecule has 0 spiro atoms. The van der Waals surface area contributed by atoms with E-state index in [0.717, 1.165) is 10.4 Å². The second-order valence-electron chi connectivity index (χ2n) is 5.38. The first-order valence-electron chi connectivity index (χ1n) is 7.43. The van der Waals surface area contributed by atoms with Gasteiger partial charge in [0.15, 0.2) is 9.84 Å². The zero-order valence-corrected chi connectivity index (χ0v) is 15.1. The van der Waals surface area contributed by atoms with Gasteiger partial charge in [0.1, 0.15) is 11.1 Å². The largest absolute Gasteiger partial charge is 0.317 e. The molecule has 0 aliphatic carbocycles. The van der Waals surface area contributed by atoms with E-state index in [1.165, 1.54) is 11.3 Å². The van der Waals surface area contributed by atoms with E-state index in [-0.39, 0.29) is 29.4 Å². The number of nitriles is 1. The Labute approximate surface area is 145 Å². The summed E-state index contributed by atoms with van der Waals surface area (Å²) in [6.45, 7) is 3.73. The number of hydrogen-bond acceptors (Lipinski definition) is 5. The van der Waals surface area contributed by atoms with Crippen LogP contribution in [0.2, 0.25) is 0 Å².